The normalized spacial score (nSPS) is 11.8. The minimum Gasteiger partial charge on any atom is -0.306 e. The summed E-state index contributed by atoms with van der Waals surface area (Å²) in [5, 5.41) is 12.3. The largest absolute Gasteiger partial charge is 0.306 e. The third-order valence-corrected chi connectivity index (χ3v) is 3.57. The van der Waals surface area contributed by atoms with Gasteiger partial charge in [0.25, 0.3) is 0 Å². The first kappa shape index (κ1) is 13.8. The van der Waals surface area contributed by atoms with Gasteiger partial charge in [-0.15, -0.1) is 0 Å². The second-order valence-corrected chi connectivity index (χ2v) is 5.38. The minimum atomic E-state index is 0.277. The number of nitriles is 1. The summed E-state index contributed by atoms with van der Waals surface area (Å²) >= 11 is 3.44. The number of hydrogen-bond acceptors (Lipinski definition) is 2. The lowest BCUT2D eigenvalue weighted by atomic mass is 10.1. The molecule has 0 aliphatic rings. The molecule has 0 saturated heterocycles. The fourth-order valence-electron chi connectivity index (χ4n) is 1.89. The van der Waals surface area contributed by atoms with Crippen molar-refractivity contribution < 1.29 is 0 Å². The summed E-state index contributed by atoms with van der Waals surface area (Å²) in [5.41, 5.74) is 3.08. The number of benzene rings is 2. The van der Waals surface area contributed by atoms with Crippen LogP contribution in [0.5, 0.6) is 0 Å². The highest BCUT2D eigenvalue weighted by molar-refractivity contribution is 9.10. The van der Waals surface area contributed by atoms with Crippen LogP contribution in [0, 0.1) is 11.3 Å². The second kappa shape index (κ2) is 6.51. The van der Waals surface area contributed by atoms with Gasteiger partial charge in [0.15, 0.2) is 0 Å². The predicted octanol–water partition coefficient (Wildman–Crippen LogP) is 4.17. The molecule has 2 rings (SSSR count). The van der Waals surface area contributed by atoms with Crippen LogP contribution in [0.15, 0.2) is 53.0 Å². The van der Waals surface area contributed by atoms with Gasteiger partial charge in [0.05, 0.1) is 11.6 Å². The summed E-state index contributed by atoms with van der Waals surface area (Å²) in [5.74, 6) is 0. The summed E-state index contributed by atoms with van der Waals surface area (Å²) in [6.07, 6.45) is 0. The van der Waals surface area contributed by atoms with E-state index in [1.54, 1.807) is 0 Å². The van der Waals surface area contributed by atoms with E-state index in [-0.39, 0.29) is 6.04 Å². The molecule has 1 atom stereocenters. The highest BCUT2D eigenvalue weighted by Crippen LogP contribution is 2.17. The smallest absolute Gasteiger partial charge is 0.0991 e. The van der Waals surface area contributed by atoms with Gasteiger partial charge in [-0.05, 0) is 42.3 Å². The third kappa shape index (κ3) is 3.92. The number of halogens is 1. The molecule has 2 aromatic rings. The number of rotatable bonds is 4. The van der Waals surface area contributed by atoms with Gasteiger partial charge in [-0.25, -0.2) is 0 Å². The van der Waals surface area contributed by atoms with Gasteiger partial charge in [0.1, 0.15) is 0 Å². The molecule has 0 unspecified atom stereocenters. The Bertz CT molecular complexity index is 584. The molecule has 19 heavy (non-hydrogen) atoms. The van der Waals surface area contributed by atoms with Crippen molar-refractivity contribution in [2.45, 2.75) is 19.5 Å². The van der Waals surface area contributed by atoms with Crippen LogP contribution in [-0.2, 0) is 6.54 Å². The first-order chi connectivity index (χ1) is 9.19. The molecule has 0 heterocycles. The molecule has 96 valence electrons. The van der Waals surface area contributed by atoms with Crippen LogP contribution in [0.3, 0.4) is 0 Å². The molecule has 0 fully saturated rings. The molecule has 0 aliphatic heterocycles. The molecular formula is C16H15BrN2. The summed E-state index contributed by atoms with van der Waals surface area (Å²) in [6.45, 7) is 2.89. The van der Waals surface area contributed by atoms with Gasteiger partial charge in [-0.3, -0.25) is 0 Å². The van der Waals surface area contributed by atoms with E-state index in [1.165, 1.54) is 5.56 Å². The summed E-state index contributed by atoms with van der Waals surface area (Å²) in [4.78, 5) is 0. The molecule has 3 heteroatoms. The zero-order valence-corrected chi connectivity index (χ0v) is 12.3. The lowest BCUT2D eigenvalue weighted by molar-refractivity contribution is 0.574. The minimum absolute atomic E-state index is 0.277. The van der Waals surface area contributed by atoms with Crippen LogP contribution in [-0.4, -0.2) is 0 Å². The van der Waals surface area contributed by atoms with Crippen molar-refractivity contribution in [2.75, 3.05) is 0 Å². The Morgan fingerprint density at radius 3 is 2.63 bits per heavy atom. The number of hydrogen-bond donors (Lipinski definition) is 1. The molecule has 2 aromatic carbocycles. The quantitative estimate of drug-likeness (QED) is 0.919. The first-order valence-electron chi connectivity index (χ1n) is 6.17. The molecule has 2 nitrogen and oxygen atoms in total. The van der Waals surface area contributed by atoms with E-state index >= 15 is 0 Å². The Hall–Kier alpha value is -1.63. The van der Waals surface area contributed by atoms with Crippen molar-refractivity contribution in [3.8, 4) is 6.07 Å². The standard InChI is InChI=1S/C16H15BrN2/c1-12(15-5-7-16(17)8-6-15)19-11-14-4-2-3-13(9-14)10-18/h2-9,12,19H,11H2,1H3/t12-/m1/s1. The Balaban J connectivity index is 1.98. The molecule has 0 aliphatic carbocycles. The molecule has 0 spiro atoms. The van der Waals surface area contributed by atoms with E-state index in [0.29, 0.717) is 5.56 Å². The van der Waals surface area contributed by atoms with Crippen molar-refractivity contribution in [3.05, 3.63) is 69.7 Å². The van der Waals surface area contributed by atoms with E-state index in [1.807, 2.05) is 36.4 Å². The van der Waals surface area contributed by atoms with Crippen LogP contribution in [0.25, 0.3) is 0 Å². The summed E-state index contributed by atoms with van der Waals surface area (Å²) in [7, 11) is 0. The Labute approximate surface area is 122 Å². The van der Waals surface area contributed by atoms with Crippen LogP contribution in [0.2, 0.25) is 0 Å². The maximum atomic E-state index is 8.87. The van der Waals surface area contributed by atoms with Crippen LogP contribution >= 0.6 is 15.9 Å². The van der Waals surface area contributed by atoms with Gasteiger partial charge >= 0.3 is 0 Å². The molecule has 0 amide bonds. The van der Waals surface area contributed by atoms with Crippen molar-refractivity contribution in [1.29, 1.82) is 5.26 Å². The average molecular weight is 315 g/mol. The molecule has 0 bridgehead atoms. The van der Waals surface area contributed by atoms with Gasteiger partial charge in [-0.2, -0.15) is 5.26 Å². The molecule has 0 aromatic heterocycles. The number of nitrogens with zero attached hydrogens (tertiary/aromatic N) is 1. The van der Waals surface area contributed by atoms with Gasteiger partial charge in [0, 0.05) is 17.1 Å². The van der Waals surface area contributed by atoms with Crippen LogP contribution < -0.4 is 5.32 Å². The lowest BCUT2D eigenvalue weighted by Gasteiger charge is -2.14. The average Bonchev–Trinajstić information content (AvgIpc) is 2.46. The van der Waals surface area contributed by atoms with E-state index in [2.05, 4.69) is 46.4 Å². The van der Waals surface area contributed by atoms with Crippen LogP contribution in [0.4, 0.5) is 0 Å². The van der Waals surface area contributed by atoms with Gasteiger partial charge < -0.3 is 5.32 Å². The van der Waals surface area contributed by atoms with E-state index in [4.69, 9.17) is 5.26 Å². The maximum absolute atomic E-state index is 8.87. The Morgan fingerprint density at radius 1 is 1.21 bits per heavy atom. The Morgan fingerprint density at radius 2 is 1.95 bits per heavy atom. The molecular weight excluding hydrogens is 300 g/mol. The fraction of sp³-hybridized carbons (Fsp3) is 0.188. The SMILES string of the molecule is C[C@@H](NCc1cccc(C#N)c1)c1ccc(Br)cc1. The van der Waals surface area contributed by atoms with Gasteiger partial charge in [-0.1, -0.05) is 40.2 Å². The molecule has 1 N–H and O–H groups in total. The zero-order valence-electron chi connectivity index (χ0n) is 10.7. The predicted molar refractivity (Wildman–Crippen MR) is 80.6 cm³/mol. The summed E-state index contributed by atoms with van der Waals surface area (Å²) < 4.78 is 1.09. The van der Waals surface area contributed by atoms with E-state index < -0.39 is 0 Å². The van der Waals surface area contributed by atoms with Crippen molar-refractivity contribution in [1.82, 2.24) is 5.32 Å². The van der Waals surface area contributed by atoms with Crippen molar-refractivity contribution in [3.63, 3.8) is 0 Å². The highest BCUT2D eigenvalue weighted by Gasteiger charge is 2.04. The fourth-order valence-corrected chi connectivity index (χ4v) is 2.16. The number of nitrogens with one attached hydrogen (secondary N) is 1. The lowest BCUT2D eigenvalue weighted by Crippen LogP contribution is -2.18. The third-order valence-electron chi connectivity index (χ3n) is 3.04. The van der Waals surface area contributed by atoms with Crippen molar-refractivity contribution >= 4 is 15.9 Å². The first-order valence-corrected chi connectivity index (χ1v) is 6.96. The molecule has 0 saturated carbocycles. The topological polar surface area (TPSA) is 35.8 Å². The monoisotopic (exact) mass is 314 g/mol. The molecule has 0 radical (unpaired) electrons. The van der Waals surface area contributed by atoms with Crippen molar-refractivity contribution in [2.24, 2.45) is 0 Å². The van der Waals surface area contributed by atoms with Crippen LogP contribution in [0.1, 0.15) is 29.7 Å². The van der Waals surface area contributed by atoms with Gasteiger partial charge in [0.2, 0.25) is 0 Å². The highest BCUT2D eigenvalue weighted by atomic mass is 79.9. The second-order valence-electron chi connectivity index (χ2n) is 4.47. The zero-order chi connectivity index (χ0) is 13.7. The summed E-state index contributed by atoms with van der Waals surface area (Å²) in [6, 6.07) is 18.4. The van der Waals surface area contributed by atoms with E-state index in [0.717, 1.165) is 16.6 Å². The Kier molecular flexibility index (Phi) is 4.73. The van der Waals surface area contributed by atoms with E-state index in [9.17, 15) is 0 Å². The maximum Gasteiger partial charge on any atom is 0.0991 e.